The first-order valence-corrected chi connectivity index (χ1v) is 11.6. The van der Waals surface area contributed by atoms with Gasteiger partial charge in [-0.1, -0.05) is 29.3 Å². The largest absolute Gasteiger partial charge is 0.368 e. The summed E-state index contributed by atoms with van der Waals surface area (Å²) in [6.45, 7) is 6.58. The van der Waals surface area contributed by atoms with E-state index in [2.05, 4.69) is 20.2 Å². The Morgan fingerprint density at radius 2 is 1.90 bits per heavy atom. The number of unbranched alkanes of at least 4 members (excludes halogenated alkanes) is 1. The normalized spacial score (nSPS) is 17.1. The highest BCUT2D eigenvalue weighted by molar-refractivity contribution is 6.43. The maximum absolute atomic E-state index is 12.3. The maximum atomic E-state index is 12.3. The van der Waals surface area contributed by atoms with Crippen molar-refractivity contribution in [2.45, 2.75) is 38.6 Å². The van der Waals surface area contributed by atoms with Crippen molar-refractivity contribution in [2.24, 2.45) is 0 Å². The van der Waals surface area contributed by atoms with E-state index in [0.29, 0.717) is 22.3 Å². The fourth-order valence-corrected chi connectivity index (χ4v) is 4.65. The van der Waals surface area contributed by atoms with Gasteiger partial charge >= 0.3 is 0 Å². The molecule has 0 aliphatic carbocycles. The van der Waals surface area contributed by atoms with E-state index in [1.165, 1.54) is 12.1 Å². The van der Waals surface area contributed by atoms with Crippen LogP contribution in [0.4, 0.5) is 5.69 Å². The number of rotatable bonds is 7. The highest BCUT2D eigenvalue weighted by Crippen LogP contribution is 2.32. The average molecular weight is 450 g/mol. The van der Waals surface area contributed by atoms with Crippen LogP contribution in [0.3, 0.4) is 0 Å². The molecule has 2 aliphatic rings. The number of benzene rings is 1. The Labute approximate surface area is 188 Å². The van der Waals surface area contributed by atoms with Crippen molar-refractivity contribution >= 4 is 34.8 Å². The Hall–Kier alpha value is -1.76. The number of fused-ring (bicyclic) bond motifs is 1. The van der Waals surface area contributed by atoms with Gasteiger partial charge in [0.1, 0.15) is 5.69 Å². The summed E-state index contributed by atoms with van der Waals surface area (Å²) in [5, 5.41) is 8.70. The molecule has 1 fully saturated rings. The summed E-state index contributed by atoms with van der Waals surface area (Å²) in [5.74, 6) is -0.0519. The second-order valence-electron chi connectivity index (χ2n) is 8.07. The Morgan fingerprint density at radius 1 is 1.07 bits per heavy atom. The number of carbonyl (C=O) groups excluding carboxylic acids is 1. The number of piperazine rings is 1. The fourth-order valence-electron chi connectivity index (χ4n) is 4.23. The molecule has 6 nitrogen and oxygen atoms in total. The van der Waals surface area contributed by atoms with Crippen LogP contribution in [0.1, 0.15) is 41.9 Å². The van der Waals surface area contributed by atoms with E-state index < -0.39 is 0 Å². The maximum Gasteiger partial charge on any atom is 0.271 e. The molecule has 1 N–H and O–H groups in total. The van der Waals surface area contributed by atoms with Crippen LogP contribution in [0.5, 0.6) is 0 Å². The van der Waals surface area contributed by atoms with Crippen LogP contribution in [0.15, 0.2) is 24.3 Å². The van der Waals surface area contributed by atoms with Gasteiger partial charge in [-0.25, -0.2) is 0 Å². The van der Waals surface area contributed by atoms with E-state index in [0.717, 1.165) is 70.6 Å². The van der Waals surface area contributed by atoms with Gasteiger partial charge in [-0.2, -0.15) is 5.10 Å². The molecule has 0 spiro atoms. The van der Waals surface area contributed by atoms with Gasteiger partial charge in [0.25, 0.3) is 5.91 Å². The zero-order valence-corrected chi connectivity index (χ0v) is 18.8. The average Bonchev–Trinajstić information content (AvgIpc) is 3.20. The van der Waals surface area contributed by atoms with Gasteiger partial charge in [0.15, 0.2) is 0 Å². The molecule has 8 heteroatoms. The molecule has 0 radical (unpaired) electrons. The van der Waals surface area contributed by atoms with Gasteiger partial charge in [-0.05, 0) is 56.8 Å². The summed E-state index contributed by atoms with van der Waals surface area (Å²) >= 11 is 12.5. The van der Waals surface area contributed by atoms with E-state index >= 15 is 0 Å². The molecule has 0 bridgehead atoms. The standard InChI is InChI=1S/C22H29Cl2N5O/c23-18-7-5-8-20(21(18)24)28-14-12-27(13-15-28)10-4-2-9-25-22(30)19-16-17-6-1-3-11-29(17)26-19/h5,7-8,16H,1-4,6,9-15H2,(H,25,30). The minimum atomic E-state index is -0.0519. The summed E-state index contributed by atoms with van der Waals surface area (Å²) in [4.78, 5) is 17.1. The van der Waals surface area contributed by atoms with E-state index in [4.69, 9.17) is 23.2 Å². The lowest BCUT2D eigenvalue weighted by Gasteiger charge is -2.36. The lowest BCUT2D eigenvalue weighted by molar-refractivity contribution is 0.0946. The molecule has 1 saturated heterocycles. The molecular formula is C22H29Cl2N5O. The lowest BCUT2D eigenvalue weighted by Crippen LogP contribution is -2.46. The molecule has 0 saturated carbocycles. The number of halogens is 2. The summed E-state index contributed by atoms with van der Waals surface area (Å²) in [6, 6.07) is 7.75. The first kappa shape index (κ1) is 21.5. The topological polar surface area (TPSA) is 53.4 Å². The predicted octanol–water partition coefficient (Wildman–Crippen LogP) is 3.86. The molecule has 0 unspecified atom stereocenters. The van der Waals surface area contributed by atoms with Crippen LogP contribution in [0.2, 0.25) is 10.0 Å². The van der Waals surface area contributed by atoms with Gasteiger partial charge in [-0.3, -0.25) is 14.4 Å². The van der Waals surface area contributed by atoms with Crippen LogP contribution in [0, 0.1) is 0 Å². The highest BCUT2D eigenvalue weighted by Gasteiger charge is 2.20. The first-order valence-electron chi connectivity index (χ1n) is 10.9. The fraction of sp³-hybridized carbons (Fsp3) is 0.545. The van der Waals surface area contributed by atoms with Crippen LogP contribution in [0.25, 0.3) is 0 Å². The van der Waals surface area contributed by atoms with Gasteiger partial charge in [0.05, 0.1) is 15.7 Å². The summed E-state index contributed by atoms with van der Waals surface area (Å²) in [5.41, 5.74) is 2.76. The van der Waals surface area contributed by atoms with Gasteiger partial charge in [0, 0.05) is 45.0 Å². The number of hydrogen-bond donors (Lipinski definition) is 1. The summed E-state index contributed by atoms with van der Waals surface area (Å²) < 4.78 is 1.98. The first-order chi connectivity index (χ1) is 14.6. The quantitative estimate of drug-likeness (QED) is 0.651. The molecule has 4 rings (SSSR count). The predicted molar refractivity (Wildman–Crippen MR) is 122 cm³/mol. The smallest absolute Gasteiger partial charge is 0.271 e. The molecular weight excluding hydrogens is 421 g/mol. The second-order valence-corrected chi connectivity index (χ2v) is 8.85. The van der Waals surface area contributed by atoms with Crippen LogP contribution in [-0.2, 0) is 13.0 Å². The number of aromatic nitrogens is 2. The van der Waals surface area contributed by atoms with Crippen LogP contribution in [-0.4, -0.2) is 59.9 Å². The number of carbonyl (C=O) groups is 1. The van der Waals surface area contributed by atoms with E-state index in [1.807, 2.05) is 28.9 Å². The van der Waals surface area contributed by atoms with Gasteiger partial charge < -0.3 is 10.2 Å². The third-order valence-corrected chi connectivity index (χ3v) is 6.79. The van der Waals surface area contributed by atoms with Crippen molar-refractivity contribution in [3.63, 3.8) is 0 Å². The lowest BCUT2D eigenvalue weighted by atomic mass is 10.1. The molecule has 0 atom stereocenters. The molecule has 2 aromatic rings. The Balaban J connectivity index is 1.13. The number of hydrogen-bond acceptors (Lipinski definition) is 4. The number of aryl methyl sites for hydroxylation is 2. The number of nitrogens with zero attached hydrogens (tertiary/aromatic N) is 4. The molecule has 1 aromatic heterocycles. The second kappa shape index (κ2) is 10.0. The number of amides is 1. The van der Waals surface area contributed by atoms with Gasteiger partial charge in [0.2, 0.25) is 0 Å². The van der Waals surface area contributed by atoms with Crippen LogP contribution < -0.4 is 10.2 Å². The minimum Gasteiger partial charge on any atom is -0.368 e. The van der Waals surface area contributed by atoms with Crippen LogP contribution >= 0.6 is 23.2 Å². The Morgan fingerprint density at radius 3 is 2.70 bits per heavy atom. The molecule has 1 amide bonds. The van der Waals surface area contributed by atoms with E-state index in [-0.39, 0.29) is 5.91 Å². The van der Waals surface area contributed by atoms with Crippen molar-refractivity contribution in [1.82, 2.24) is 20.0 Å². The van der Waals surface area contributed by atoms with Crippen molar-refractivity contribution < 1.29 is 4.79 Å². The monoisotopic (exact) mass is 449 g/mol. The van der Waals surface area contributed by atoms with E-state index in [1.54, 1.807) is 0 Å². The van der Waals surface area contributed by atoms with Crippen molar-refractivity contribution in [2.75, 3.05) is 44.2 Å². The zero-order valence-electron chi connectivity index (χ0n) is 17.2. The van der Waals surface area contributed by atoms with E-state index in [9.17, 15) is 4.79 Å². The summed E-state index contributed by atoms with van der Waals surface area (Å²) in [7, 11) is 0. The van der Waals surface area contributed by atoms with Crippen molar-refractivity contribution in [3.8, 4) is 0 Å². The number of anilines is 1. The molecule has 3 heterocycles. The summed E-state index contributed by atoms with van der Waals surface area (Å²) in [6.07, 6.45) is 5.40. The van der Waals surface area contributed by atoms with Crippen molar-refractivity contribution in [3.05, 3.63) is 45.7 Å². The minimum absolute atomic E-state index is 0.0519. The highest BCUT2D eigenvalue weighted by atomic mass is 35.5. The number of nitrogens with one attached hydrogen (secondary N) is 1. The van der Waals surface area contributed by atoms with Crippen molar-refractivity contribution in [1.29, 1.82) is 0 Å². The third kappa shape index (κ3) is 5.10. The Bertz CT molecular complexity index is 853. The Kier molecular flexibility index (Phi) is 7.18. The molecule has 162 valence electrons. The zero-order chi connectivity index (χ0) is 20.9. The molecule has 1 aromatic carbocycles. The third-order valence-electron chi connectivity index (χ3n) is 5.98. The molecule has 2 aliphatic heterocycles. The molecule has 30 heavy (non-hydrogen) atoms. The van der Waals surface area contributed by atoms with Gasteiger partial charge in [-0.15, -0.1) is 0 Å². The SMILES string of the molecule is O=C(NCCCCN1CCN(c2cccc(Cl)c2Cl)CC1)c1cc2n(n1)CCCC2.